The SMILES string of the molecule is CCCCCCCCCCOC(COC(O)(P=O)C(=O)O)CSCCC(CCCC)c1ccccc1. The molecule has 0 amide bonds. The van der Waals surface area contributed by atoms with Gasteiger partial charge in [-0.15, -0.1) is 0 Å². The lowest BCUT2D eigenvalue weighted by Gasteiger charge is -2.22. The molecular weight excluding hydrogens is 495 g/mol. The number of carboxylic acids is 1. The van der Waals surface area contributed by atoms with Crippen LogP contribution in [0.15, 0.2) is 30.3 Å². The van der Waals surface area contributed by atoms with E-state index in [9.17, 15) is 14.5 Å². The second-order valence-corrected chi connectivity index (χ2v) is 11.3. The quantitative estimate of drug-likeness (QED) is 0.0787. The zero-order valence-electron chi connectivity index (χ0n) is 22.2. The van der Waals surface area contributed by atoms with Crippen molar-refractivity contribution in [2.75, 3.05) is 24.7 Å². The van der Waals surface area contributed by atoms with Gasteiger partial charge in [-0.05, 0) is 36.5 Å². The van der Waals surface area contributed by atoms with E-state index < -0.39 is 20.0 Å². The molecule has 0 aliphatic rings. The summed E-state index contributed by atoms with van der Waals surface area (Å²) in [6, 6.07) is 10.6. The summed E-state index contributed by atoms with van der Waals surface area (Å²) in [4.78, 5) is 11.2. The third kappa shape index (κ3) is 14.7. The number of aliphatic hydroxyl groups is 1. The van der Waals surface area contributed by atoms with E-state index in [1.54, 1.807) is 11.8 Å². The first-order valence-corrected chi connectivity index (χ1v) is 15.6. The molecule has 0 bridgehead atoms. The van der Waals surface area contributed by atoms with Crippen LogP contribution in [0.4, 0.5) is 0 Å². The fourth-order valence-corrected chi connectivity index (χ4v) is 5.34. The molecule has 0 heterocycles. The van der Waals surface area contributed by atoms with Crippen molar-refractivity contribution in [3.8, 4) is 0 Å². The van der Waals surface area contributed by atoms with Crippen LogP contribution in [0.2, 0.25) is 0 Å². The topological polar surface area (TPSA) is 93.1 Å². The van der Waals surface area contributed by atoms with Gasteiger partial charge in [-0.2, -0.15) is 11.8 Å². The van der Waals surface area contributed by atoms with Crippen LogP contribution in [-0.2, 0) is 18.8 Å². The van der Waals surface area contributed by atoms with E-state index in [1.165, 1.54) is 56.9 Å². The van der Waals surface area contributed by atoms with Gasteiger partial charge in [0.1, 0.15) is 0 Å². The molecule has 3 atom stereocenters. The molecule has 2 N–H and O–H groups in total. The third-order valence-electron chi connectivity index (χ3n) is 6.32. The molecule has 0 fully saturated rings. The Kier molecular flexibility index (Phi) is 19.3. The van der Waals surface area contributed by atoms with E-state index in [0.717, 1.165) is 31.4 Å². The lowest BCUT2D eigenvalue weighted by molar-refractivity contribution is -0.195. The molecule has 0 aliphatic carbocycles. The van der Waals surface area contributed by atoms with E-state index in [1.807, 2.05) is 6.07 Å². The maximum atomic E-state index is 11.2. The number of unbranched alkanes of at least 4 members (excludes halogenated alkanes) is 8. The van der Waals surface area contributed by atoms with Gasteiger partial charge >= 0.3 is 11.5 Å². The van der Waals surface area contributed by atoms with Crippen LogP contribution in [0.3, 0.4) is 0 Å². The fourth-order valence-electron chi connectivity index (χ4n) is 4.06. The number of hydrogen-bond donors (Lipinski definition) is 2. The lowest BCUT2D eigenvalue weighted by atomic mass is 9.91. The summed E-state index contributed by atoms with van der Waals surface area (Å²) in [7, 11) is -0.994. The van der Waals surface area contributed by atoms with Crippen LogP contribution in [0.5, 0.6) is 0 Å². The molecule has 8 heteroatoms. The fraction of sp³-hybridized carbons (Fsp3) is 0.750. The summed E-state index contributed by atoms with van der Waals surface area (Å²) >= 11 is 1.75. The molecule has 3 unspecified atom stereocenters. The minimum absolute atomic E-state index is 0.125. The van der Waals surface area contributed by atoms with Crippen molar-refractivity contribution in [3.63, 3.8) is 0 Å². The van der Waals surface area contributed by atoms with E-state index in [2.05, 4.69) is 38.1 Å². The van der Waals surface area contributed by atoms with E-state index in [-0.39, 0.29) is 12.7 Å². The molecule has 206 valence electrons. The Morgan fingerprint density at radius 1 is 0.972 bits per heavy atom. The Morgan fingerprint density at radius 2 is 1.61 bits per heavy atom. The maximum absolute atomic E-state index is 11.2. The first-order valence-electron chi connectivity index (χ1n) is 13.6. The number of aliphatic carboxylic acids is 1. The summed E-state index contributed by atoms with van der Waals surface area (Å²) < 4.78 is 22.3. The summed E-state index contributed by atoms with van der Waals surface area (Å²) in [5.41, 5.74) is -1.36. The number of carboxylic acid groups (broad SMARTS) is 1. The summed E-state index contributed by atoms with van der Waals surface area (Å²) in [5.74, 6) is 0.417. The van der Waals surface area contributed by atoms with Crippen LogP contribution < -0.4 is 0 Å². The van der Waals surface area contributed by atoms with Crippen LogP contribution in [-0.4, -0.2) is 52.5 Å². The predicted molar refractivity (Wildman–Crippen MR) is 149 cm³/mol. The average molecular weight is 543 g/mol. The molecule has 1 aromatic carbocycles. The van der Waals surface area contributed by atoms with Crippen LogP contribution in [0.25, 0.3) is 0 Å². The second kappa shape index (κ2) is 21.0. The summed E-state index contributed by atoms with van der Waals surface area (Å²) in [5, 5.41) is 19.0. The molecule has 0 saturated heterocycles. The van der Waals surface area contributed by atoms with Gasteiger partial charge in [0.25, 0.3) is 0 Å². The van der Waals surface area contributed by atoms with E-state index in [4.69, 9.17) is 14.6 Å². The average Bonchev–Trinajstić information content (AvgIpc) is 2.89. The molecular formula is C28H47O6PS. The Morgan fingerprint density at radius 3 is 2.22 bits per heavy atom. The van der Waals surface area contributed by atoms with Crippen LogP contribution in [0.1, 0.15) is 102 Å². The van der Waals surface area contributed by atoms with Crippen molar-refractivity contribution in [2.24, 2.45) is 0 Å². The molecule has 1 aromatic rings. The highest BCUT2D eigenvalue weighted by molar-refractivity contribution is 7.99. The Balaban J connectivity index is 2.50. The molecule has 0 radical (unpaired) electrons. The number of hydrogen-bond acceptors (Lipinski definition) is 6. The van der Waals surface area contributed by atoms with Gasteiger partial charge in [-0.3, -0.25) is 4.57 Å². The summed E-state index contributed by atoms with van der Waals surface area (Å²) in [6.45, 7) is 4.87. The van der Waals surface area contributed by atoms with Crippen molar-refractivity contribution >= 4 is 26.2 Å². The smallest absolute Gasteiger partial charge is 0.377 e. The Bertz CT molecular complexity index is 692. The van der Waals surface area contributed by atoms with E-state index >= 15 is 0 Å². The van der Waals surface area contributed by atoms with Crippen molar-refractivity contribution in [3.05, 3.63) is 35.9 Å². The molecule has 0 aromatic heterocycles. The van der Waals surface area contributed by atoms with Gasteiger partial charge in [0.05, 0.1) is 12.7 Å². The molecule has 6 nitrogen and oxygen atoms in total. The zero-order chi connectivity index (χ0) is 26.5. The minimum Gasteiger partial charge on any atom is -0.477 e. The van der Waals surface area contributed by atoms with Gasteiger partial charge in [0, 0.05) is 12.4 Å². The first-order chi connectivity index (χ1) is 17.5. The second-order valence-electron chi connectivity index (χ2n) is 9.40. The Labute approximate surface area is 224 Å². The van der Waals surface area contributed by atoms with Gasteiger partial charge in [-0.25, -0.2) is 4.79 Å². The number of ether oxygens (including phenoxy) is 2. The highest BCUT2D eigenvalue weighted by atomic mass is 32.2. The van der Waals surface area contributed by atoms with Gasteiger partial charge < -0.3 is 19.7 Å². The molecule has 1 rings (SSSR count). The number of rotatable bonds is 24. The standard InChI is InChI=1S/C28H47O6PS/c1-3-5-7-8-9-10-11-15-20-33-26(22-34-28(31,35-32)27(29)30)23-36-21-19-25(16-6-4-2)24-17-13-12-14-18-24/h12-14,17-18,25-26,31H,3-11,15-16,19-23H2,1-2H3,(H,29,30). The minimum atomic E-state index is -2.73. The largest absolute Gasteiger partial charge is 0.477 e. The monoisotopic (exact) mass is 542 g/mol. The highest BCUT2D eigenvalue weighted by Crippen LogP contribution is 2.28. The maximum Gasteiger partial charge on any atom is 0.377 e. The third-order valence-corrected chi connectivity index (χ3v) is 8.02. The number of thioether (sulfide) groups is 1. The Hall–Kier alpha value is -0.980. The van der Waals surface area contributed by atoms with Crippen molar-refractivity contribution in [1.29, 1.82) is 0 Å². The molecule has 0 aliphatic heterocycles. The lowest BCUT2D eigenvalue weighted by Crippen LogP contribution is -2.39. The van der Waals surface area contributed by atoms with E-state index in [0.29, 0.717) is 18.3 Å². The molecule has 36 heavy (non-hydrogen) atoms. The molecule has 0 saturated carbocycles. The van der Waals surface area contributed by atoms with Gasteiger partial charge in [-0.1, -0.05) is 102 Å². The zero-order valence-corrected chi connectivity index (χ0v) is 23.9. The van der Waals surface area contributed by atoms with Gasteiger partial charge in [0.15, 0.2) is 0 Å². The number of benzene rings is 1. The van der Waals surface area contributed by atoms with Crippen LogP contribution >= 0.6 is 20.2 Å². The van der Waals surface area contributed by atoms with Crippen molar-refractivity contribution in [2.45, 2.75) is 108 Å². The van der Waals surface area contributed by atoms with Crippen molar-refractivity contribution in [1.82, 2.24) is 0 Å². The van der Waals surface area contributed by atoms with Crippen LogP contribution in [0, 0.1) is 0 Å². The van der Waals surface area contributed by atoms with Gasteiger partial charge in [0.2, 0.25) is 8.46 Å². The normalized spacial score (nSPS) is 15.0. The highest BCUT2D eigenvalue weighted by Gasteiger charge is 2.39. The first kappa shape index (κ1) is 33.0. The van der Waals surface area contributed by atoms with Crippen molar-refractivity contribution < 1.29 is 29.0 Å². The molecule has 0 spiro atoms. The predicted octanol–water partition coefficient (Wildman–Crippen LogP) is 7.65. The number of carbonyl (C=O) groups is 1. The summed E-state index contributed by atoms with van der Waals surface area (Å²) in [6.07, 6.45) is 13.8.